The largest absolute Gasteiger partial charge is 0.573 e. The van der Waals surface area contributed by atoms with E-state index in [1.807, 2.05) is 91.8 Å². The van der Waals surface area contributed by atoms with E-state index < -0.39 is 36.2 Å². The molecule has 16 nitrogen and oxygen atoms in total. The van der Waals surface area contributed by atoms with E-state index in [1.54, 1.807) is 21.9 Å². The summed E-state index contributed by atoms with van der Waals surface area (Å²) >= 11 is 0. The van der Waals surface area contributed by atoms with Crippen molar-refractivity contribution in [1.29, 1.82) is 0 Å². The van der Waals surface area contributed by atoms with Crippen molar-refractivity contribution in [2.45, 2.75) is 92.3 Å². The molecule has 6 N–H and O–H groups in total. The van der Waals surface area contributed by atoms with Crippen molar-refractivity contribution in [2.24, 2.45) is 5.92 Å². The van der Waals surface area contributed by atoms with Crippen LogP contribution in [0.25, 0.3) is 0 Å². The number of rotatable bonds is 13. The number of nitrogens with zero attached hydrogens (tertiary/aromatic N) is 4. The minimum Gasteiger partial charge on any atom is -0.404 e. The van der Waals surface area contributed by atoms with Gasteiger partial charge in [-0.1, -0.05) is 38.1 Å². The minimum atomic E-state index is -5.01. The number of hydrogen-bond donors (Lipinski definition) is 5. The molecule has 2 aliphatic rings. The number of benzene rings is 4. The summed E-state index contributed by atoms with van der Waals surface area (Å²) in [6.07, 6.45) is -9.91. The smallest absolute Gasteiger partial charge is 0.404 e. The Balaban J connectivity index is 0.000000282. The van der Waals surface area contributed by atoms with Crippen molar-refractivity contribution in [1.82, 2.24) is 35.6 Å². The van der Waals surface area contributed by atoms with Crippen LogP contribution in [0.4, 0.5) is 42.5 Å². The summed E-state index contributed by atoms with van der Waals surface area (Å²) < 4.78 is 85.0. The Bertz CT molecular complexity index is 2640. The summed E-state index contributed by atoms with van der Waals surface area (Å²) in [4.78, 5) is 70.5. The van der Waals surface area contributed by atoms with Gasteiger partial charge in [-0.2, -0.15) is 0 Å². The molecule has 6 amide bonds. The van der Waals surface area contributed by atoms with Crippen LogP contribution >= 0.6 is 0 Å². The average Bonchev–Trinajstić information content (AvgIpc) is 3.30. The van der Waals surface area contributed by atoms with E-state index in [9.17, 15) is 50.3 Å². The van der Waals surface area contributed by atoms with Gasteiger partial charge in [-0.3, -0.25) is 29.0 Å². The standard InChI is InChI=1S/C29H38F3N5O4.C24H29F3N4O3/c1-19(2)17-33-27(40)34-23-10-9-22(16-24(23)41-29(30,31)32)26(39)37-13-11-36(12-14-37)18-20-7-6-8-21(15-20)25(38)35-28(3,4)5;1-23(2,3)29-21(32)17-6-4-5-16(13-17)15-30-9-11-31(12-10-30)22(33)18-7-8-19(28)20(14-18)34-24(25,26)27/h6-10,15-16,19H,11-14,17-18H2,1-5H3,(H,35,38)(H2,33,34,40);4-8,13-14H,9-12,15,28H2,1-3H3,(H,29,32). The molecule has 2 aliphatic heterocycles. The lowest BCUT2D eigenvalue weighted by Crippen LogP contribution is -2.48. The van der Waals surface area contributed by atoms with Gasteiger partial charge < -0.3 is 46.3 Å². The number of nitrogens with one attached hydrogen (secondary N) is 4. The summed E-state index contributed by atoms with van der Waals surface area (Å²) in [5.74, 6) is -2.22. The number of nitrogen functional groups attached to an aromatic ring is 1. The van der Waals surface area contributed by atoms with Crippen molar-refractivity contribution < 1.29 is 59.8 Å². The molecule has 0 radical (unpaired) electrons. The number of piperazine rings is 2. The van der Waals surface area contributed by atoms with Crippen molar-refractivity contribution in [3.05, 3.63) is 118 Å². The predicted octanol–water partition coefficient (Wildman–Crippen LogP) is 8.50. The van der Waals surface area contributed by atoms with Crippen molar-refractivity contribution in [3.63, 3.8) is 0 Å². The van der Waals surface area contributed by atoms with E-state index in [2.05, 4.69) is 40.5 Å². The van der Waals surface area contributed by atoms with Crippen LogP contribution in [-0.2, 0) is 13.1 Å². The molecule has 0 bridgehead atoms. The van der Waals surface area contributed by atoms with Gasteiger partial charge in [0.2, 0.25) is 0 Å². The lowest BCUT2D eigenvalue weighted by atomic mass is 10.1. The first-order valence-corrected chi connectivity index (χ1v) is 24.4. The number of halogens is 6. The van der Waals surface area contributed by atoms with Crippen LogP contribution in [0.15, 0.2) is 84.9 Å². The third-order valence-electron chi connectivity index (χ3n) is 11.3. The molecule has 0 unspecified atom stereocenters. The highest BCUT2D eigenvalue weighted by Gasteiger charge is 2.35. The fourth-order valence-corrected chi connectivity index (χ4v) is 7.86. The van der Waals surface area contributed by atoms with Crippen LogP contribution in [0, 0.1) is 5.92 Å². The number of alkyl halides is 6. The fourth-order valence-electron chi connectivity index (χ4n) is 7.86. The zero-order chi connectivity index (χ0) is 55.5. The molecule has 0 saturated carbocycles. The molecular weight excluding hydrogens is 989 g/mol. The van der Waals surface area contributed by atoms with Gasteiger partial charge in [-0.05, 0) is 119 Å². The molecule has 0 aromatic heterocycles. The van der Waals surface area contributed by atoms with Gasteiger partial charge in [0.05, 0.1) is 11.4 Å². The Hall–Kier alpha value is -7.07. The Labute approximate surface area is 433 Å². The number of ether oxygens (including phenoxy) is 2. The summed E-state index contributed by atoms with van der Waals surface area (Å²) in [7, 11) is 0. The van der Waals surface area contributed by atoms with Crippen LogP contribution in [0.5, 0.6) is 11.5 Å². The number of carbonyl (C=O) groups excluding carboxylic acids is 5. The molecular formula is C53H67F6N9O7. The van der Waals surface area contributed by atoms with Crippen molar-refractivity contribution in [2.75, 3.05) is 70.0 Å². The molecule has 2 fully saturated rings. The number of nitrogens with two attached hydrogens (primary N) is 1. The number of carbonyl (C=O) groups is 5. The third-order valence-corrected chi connectivity index (χ3v) is 11.3. The second-order valence-corrected chi connectivity index (χ2v) is 20.7. The van der Waals surface area contributed by atoms with E-state index in [4.69, 9.17) is 5.73 Å². The second kappa shape index (κ2) is 25.0. The molecule has 6 rings (SSSR count). The molecule has 408 valence electrons. The molecule has 0 atom stereocenters. The average molecular weight is 1060 g/mol. The zero-order valence-electron chi connectivity index (χ0n) is 43.4. The topological polar surface area (TPSA) is 191 Å². The predicted molar refractivity (Wildman–Crippen MR) is 272 cm³/mol. The van der Waals surface area contributed by atoms with Crippen LogP contribution in [0.1, 0.15) is 108 Å². The van der Waals surface area contributed by atoms with E-state index in [0.717, 1.165) is 23.3 Å². The van der Waals surface area contributed by atoms with E-state index in [1.165, 1.54) is 24.3 Å². The van der Waals surface area contributed by atoms with E-state index in [0.29, 0.717) is 83.1 Å². The van der Waals surface area contributed by atoms with Gasteiger partial charge in [-0.25, -0.2) is 4.79 Å². The molecule has 2 heterocycles. The minimum absolute atomic E-state index is 0.0170. The molecule has 75 heavy (non-hydrogen) atoms. The Kier molecular flexibility index (Phi) is 19.6. The van der Waals surface area contributed by atoms with Gasteiger partial charge in [0, 0.05) is 105 Å². The maximum atomic E-state index is 13.2. The lowest BCUT2D eigenvalue weighted by Gasteiger charge is -2.35. The Morgan fingerprint density at radius 3 is 1.39 bits per heavy atom. The first-order valence-electron chi connectivity index (χ1n) is 24.4. The van der Waals surface area contributed by atoms with Crippen LogP contribution < -0.4 is 36.5 Å². The number of hydrogen-bond acceptors (Lipinski definition) is 10. The summed E-state index contributed by atoms with van der Waals surface area (Å²) in [5.41, 5.74) is 7.65. The van der Waals surface area contributed by atoms with Crippen molar-refractivity contribution >= 4 is 41.0 Å². The first kappa shape index (κ1) is 58.8. The van der Waals surface area contributed by atoms with Crippen molar-refractivity contribution in [3.8, 4) is 11.5 Å². The van der Waals surface area contributed by atoms with E-state index in [-0.39, 0.29) is 57.2 Å². The summed E-state index contributed by atoms with van der Waals surface area (Å²) in [6, 6.07) is 21.3. The van der Waals surface area contributed by atoms with Crippen LogP contribution in [0.3, 0.4) is 0 Å². The zero-order valence-corrected chi connectivity index (χ0v) is 43.4. The number of anilines is 2. The highest BCUT2D eigenvalue weighted by Crippen LogP contribution is 2.33. The highest BCUT2D eigenvalue weighted by atomic mass is 19.4. The monoisotopic (exact) mass is 1060 g/mol. The van der Waals surface area contributed by atoms with E-state index >= 15 is 0 Å². The van der Waals surface area contributed by atoms with Crippen LogP contribution in [0.2, 0.25) is 0 Å². The van der Waals surface area contributed by atoms with Gasteiger partial charge in [-0.15, -0.1) is 26.3 Å². The Morgan fingerprint density at radius 2 is 0.973 bits per heavy atom. The molecule has 22 heteroatoms. The molecule has 4 aromatic rings. The van der Waals surface area contributed by atoms with Crippen LogP contribution in [-0.4, -0.2) is 132 Å². The normalized spacial score (nSPS) is 14.8. The molecule has 0 aliphatic carbocycles. The first-order chi connectivity index (χ1) is 34.9. The number of amides is 6. The molecule has 4 aromatic carbocycles. The molecule has 0 spiro atoms. The quantitative estimate of drug-likeness (QED) is 0.0641. The lowest BCUT2D eigenvalue weighted by molar-refractivity contribution is -0.275. The maximum absolute atomic E-state index is 13.2. The molecule has 2 saturated heterocycles. The summed E-state index contributed by atoms with van der Waals surface area (Å²) in [5, 5.41) is 10.8. The van der Waals surface area contributed by atoms with Gasteiger partial charge in [0.25, 0.3) is 23.6 Å². The maximum Gasteiger partial charge on any atom is 0.573 e. The second-order valence-electron chi connectivity index (χ2n) is 20.7. The van der Waals surface area contributed by atoms with Gasteiger partial charge >= 0.3 is 18.8 Å². The van der Waals surface area contributed by atoms with Gasteiger partial charge in [0.15, 0.2) is 11.5 Å². The van der Waals surface area contributed by atoms with Gasteiger partial charge in [0.1, 0.15) is 0 Å². The number of urea groups is 1. The third kappa shape index (κ3) is 19.6. The fraction of sp³-hybridized carbons (Fsp3) is 0.453. The SMILES string of the molecule is CC(C)(C)NC(=O)c1cccc(CN2CCN(C(=O)c3ccc(N)c(OC(F)(F)F)c3)CC2)c1.CC(C)CNC(=O)Nc1ccc(C(=O)N2CCN(Cc3cccc(C(=O)NC(C)(C)C)c3)CC2)cc1OC(F)(F)F. The summed E-state index contributed by atoms with van der Waals surface area (Å²) in [6.45, 7) is 20.7. The highest BCUT2D eigenvalue weighted by molar-refractivity contribution is 5.98. The Morgan fingerprint density at radius 1 is 0.560 bits per heavy atom.